The number of likely N-dealkylation sites (N-methyl/N-ethyl adjacent to an activating group) is 1. The van der Waals surface area contributed by atoms with Crippen LogP contribution in [0.3, 0.4) is 0 Å². The zero-order valence-corrected chi connectivity index (χ0v) is 33.8. The van der Waals surface area contributed by atoms with Crippen LogP contribution in [0.5, 0.6) is 17.2 Å². The molecule has 1 saturated heterocycles. The molecule has 3 aliphatic heterocycles. The molecule has 56 heavy (non-hydrogen) atoms. The molecule has 9 atom stereocenters. The van der Waals surface area contributed by atoms with Crippen LogP contribution in [0.2, 0.25) is 0 Å². The van der Waals surface area contributed by atoms with Crippen molar-refractivity contribution in [3.05, 3.63) is 58.4 Å². The van der Waals surface area contributed by atoms with E-state index in [2.05, 4.69) is 15.3 Å². The summed E-state index contributed by atoms with van der Waals surface area (Å²) < 4.78 is 11.8. The first kappa shape index (κ1) is 42.7. The standard InChI is InChI=1S/C42H58N4O10/c1-21-11-10-12-22(2)41(54)44-33-28(20-43-46-16-14-45(8)15-17-46)38(51)31-30-27(23(3)37(50)32(31)39(33)52)19-42(7,40(30)53)56-18-13-29(55-9)24(4)35(48)26(6)36(49)25(5)34(21)47/h10-13,18,20-21,24-26,29,34-36,47-52H,14-17,19H2,1-9H3,(H,44,54)/b11-10+,18-13+,22-12+,43-20-/t21-,24+,25+,26-,29-,34+,35+,36-,42+/m1/s1. The van der Waals surface area contributed by atoms with Crippen molar-refractivity contribution in [2.75, 3.05) is 45.7 Å². The molecule has 0 radical (unpaired) electrons. The van der Waals surface area contributed by atoms with E-state index in [4.69, 9.17) is 9.47 Å². The molecular weight excluding hydrogens is 720 g/mol. The number of phenols is 3. The molecular formula is C42H58N4O10. The van der Waals surface area contributed by atoms with Crippen molar-refractivity contribution in [1.82, 2.24) is 9.91 Å². The zero-order chi connectivity index (χ0) is 41.4. The number of ketones is 1. The summed E-state index contributed by atoms with van der Waals surface area (Å²) in [4.78, 5) is 30.3. The fraction of sp³-hybridized carbons (Fsp3) is 0.548. The van der Waals surface area contributed by atoms with Crippen molar-refractivity contribution in [3.63, 3.8) is 0 Å². The van der Waals surface area contributed by atoms with E-state index in [0.717, 1.165) is 13.1 Å². The Balaban J connectivity index is 1.70. The summed E-state index contributed by atoms with van der Waals surface area (Å²) >= 11 is 0. The highest BCUT2D eigenvalue weighted by molar-refractivity contribution is 6.23. The molecule has 6 rings (SSSR count). The molecule has 14 heteroatoms. The number of methoxy groups -OCH3 is 1. The number of fused-ring (bicyclic) bond motifs is 14. The van der Waals surface area contributed by atoms with Gasteiger partial charge in [0.15, 0.2) is 11.4 Å². The number of carbonyl (C=O) groups is 2. The van der Waals surface area contributed by atoms with Gasteiger partial charge in [-0.3, -0.25) is 14.6 Å². The molecule has 1 amide bonds. The number of aliphatic hydroxyl groups is 3. The average Bonchev–Trinajstić information content (AvgIpc) is 3.44. The van der Waals surface area contributed by atoms with Gasteiger partial charge in [-0.25, -0.2) is 0 Å². The SMILES string of the molecule is CO[C@@H]1/C=C/O[C@@]2(C)Cc3c(C)c(O)c4c(O)c(c(/C=N\N5CCN(C)CC5)c(O)c4c3C2=O)NC(=O)/C(C)=C/C=C/[C@@H](C)[C@H](O)[C@H](C)[C@@H](O)[C@H](C)[C@@H](O)[C@H]1C. The summed E-state index contributed by atoms with van der Waals surface area (Å²) in [6, 6.07) is 0. The maximum absolute atomic E-state index is 14.4. The van der Waals surface area contributed by atoms with Crippen molar-refractivity contribution < 1.29 is 49.7 Å². The van der Waals surface area contributed by atoms with Gasteiger partial charge in [0.2, 0.25) is 5.78 Å². The second-order valence-electron chi connectivity index (χ2n) is 16.0. The Bertz CT molecular complexity index is 1950. The highest BCUT2D eigenvalue weighted by Gasteiger charge is 2.47. The third kappa shape index (κ3) is 8.03. The van der Waals surface area contributed by atoms with Gasteiger partial charge in [-0.1, -0.05) is 45.9 Å². The zero-order valence-electron chi connectivity index (χ0n) is 33.8. The highest BCUT2D eigenvalue weighted by atomic mass is 16.5. The Morgan fingerprint density at radius 3 is 2.16 bits per heavy atom. The molecule has 0 unspecified atom stereocenters. The number of piperazine rings is 1. The minimum Gasteiger partial charge on any atom is -0.507 e. The Labute approximate surface area is 328 Å². The van der Waals surface area contributed by atoms with E-state index in [1.54, 1.807) is 71.7 Å². The number of rotatable bonds is 3. The first-order valence-electron chi connectivity index (χ1n) is 19.2. The van der Waals surface area contributed by atoms with Crippen LogP contribution < -0.4 is 5.32 Å². The number of nitrogens with zero attached hydrogens (tertiary/aromatic N) is 3. The Hall–Kier alpha value is -4.47. The second kappa shape index (κ2) is 16.9. The normalized spacial score (nSPS) is 33.4. The minimum absolute atomic E-state index is 0.0133. The van der Waals surface area contributed by atoms with E-state index in [-0.39, 0.29) is 45.3 Å². The first-order chi connectivity index (χ1) is 26.3. The lowest BCUT2D eigenvalue weighted by molar-refractivity contribution is -0.112. The fourth-order valence-corrected chi connectivity index (χ4v) is 7.98. The largest absolute Gasteiger partial charge is 0.507 e. The monoisotopic (exact) mass is 778 g/mol. The van der Waals surface area contributed by atoms with Gasteiger partial charge in [-0.05, 0) is 45.0 Å². The summed E-state index contributed by atoms with van der Waals surface area (Å²) in [6.45, 7) is 14.3. The third-order valence-electron chi connectivity index (χ3n) is 12.1. The van der Waals surface area contributed by atoms with Gasteiger partial charge in [0.05, 0.1) is 53.5 Å². The Morgan fingerprint density at radius 1 is 0.893 bits per heavy atom. The van der Waals surface area contributed by atoms with Gasteiger partial charge in [-0.2, -0.15) is 5.10 Å². The molecule has 4 aliphatic rings. The lowest BCUT2D eigenvalue weighted by atomic mass is 9.78. The number of nitrogens with one attached hydrogen (secondary N) is 1. The van der Waals surface area contributed by atoms with Crippen molar-refractivity contribution in [1.29, 1.82) is 0 Å². The van der Waals surface area contributed by atoms with E-state index in [1.165, 1.54) is 25.7 Å². The van der Waals surface area contributed by atoms with Crippen LogP contribution in [-0.4, -0.2) is 129 Å². The van der Waals surface area contributed by atoms with Crippen LogP contribution in [0.1, 0.15) is 68.6 Å². The molecule has 14 nitrogen and oxygen atoms in total. The Morgan fingerprint density at radius 2 is 1.52 bits per heavy atom. The number of Topliss-reactive ketones (excluding diaryl/α,β-unsaturated/α-hetero) is 1. The number of hydrogen-bond acceptors (Lipinski definition) is 13. The van der Waals surface area contributed by atoms with E-state index >= 15 is 0 Å². The van der Waals surface area contributed by atoms with E-state index in [1.807, 2.05) is 7.05 Å². The summed E-state index contributed by atoms with van der Waals surface area (Å²) in [5.41, 5.74) is -0.823. The number of aliphatic hydroxyl groups excluding tert-OH is 3. The lowest BCUT2D eigenvalue weighted by Crippen LogP contribution is -2.44. The van der Waals surface area contributed by atoms with Crippen LogP contribution in [0, 0.1) is 30.6 Å². The molecule has 306 valence electrons. The molecule has 2 aromatic carbocycles. The smallest absolute Gasteiger partial charge is 0.251 e. The Kier molecular flexibility index (Phi) is 12.9. The van der Waals surface area contributed by atoms with Gasteiger partial charge in [-0.15, -0.1) is 0 Å². The topological polar surface area (TPSA) is 205 Å². The summed E-state index contributed by atoms with van der Waals surface area (Å²) in [7, 11) is 3.47. The number of phenolic OH excluding ortho intramolecular Hbond substituents is 3. The van der Waals surface area contributed by atoms with E-state index in [9.17, 15) is 40.2 Å². The van der Waals surface area contributed by atoms with Gasteiger partial charge in [0, 0.05) is 79.9 Å². The van der Waals surface area contributed by atoms with Gasteiger partial charge < -0.3 is 50.3 Å². The molecule has 0 saturated carbocycles. The van der Waals surface area contributed by atoms with Gasteiger partial charge in [0.25, 0.3) is 5.91 Å². The van der Waals surface area contributed by atoms with Gasteiger partial charge >= 0.3 is 0 Å². The molecule has 0 spiro atoms. The van der Waals surface area contributed by atoms with E-state index < -0.39 is 76.9 Å². The summed E-state index contributed by atoms with van der Waals surface area (Å²) in [6.07, 6.45) is 5.21. The maximum atomic E-state index is 14.4. The predicted octanol–water partition coefficient (Wildman–Crippen LogP) is 3.97. The fourth-order valence-electron chi connectivity index (χ4n) is 7.98. The molecule has 0 aromatic heterocycles. The summed E-state index contributed by atoms with van der Waals surface area (Å²) in [5.74, 6) is -4.89. The molecule has 2 aromatic rings. The first-order valence-corrected chi connectivity index (χ1v) is 19.2. The molecule has 7 N–H and O–H groups in total. The van der Waals surface area contributed by atoms with Crippen LogP contribution in [0.15, 0.2) is 41.2 Å². The number of hydrazone groups is 1. The average molecular weight is 779 g/mol. The predicted molar refractivity (Wildman–Crippen MR) is 214 cm³/mol. The van der Waals surface area contributed by atoms with Crippen LogP contribution in [-0.2, 0) is 20.7 Å². The van der Waals surface area contributed by atoms with Crippen LogP contribution in [0.25, 0.3) is 10.8 Å². The molecule has 3 heterocycles. The number of allylic oxidation sites excluding steroid dienone is 2. The molecule has 1 aliphatic carbocycles. The minimum atomic E-state index is -1.51. The number of benzene rings is 2. The van der Waals surface area contributed by atoms with Crippen molar-refractivity contribution in [2.24, 2.45) is 28.8 Å². The second-order valence-corrected chi connectivity index (χ2v) is 16.0. The number of hydrogen-bond donors (Lipinski definition) is 7. The highest BCUT2D eigenvalue weighted by Crippen LogP contribution is 2.53. The number of ether oxygens (including phenoxy) is 2. The third-order valence-corrected chi connectivity index (χ3v) is 12.1. The summed E-state index contributed by atoms with van der Waals surface area (Å²) in [5, 5.41) is 78.2. The quantitative estimate of drug-likeness (QED) is 0.134. The van der Waals surface area contributed by atoms with Gasteiger partial charge in [0.1, 0.15) is 11.5 Å². The molecule has 5 bridgehead atoms. The number of carbonyl (C=O) groups excluding carboxylic acids is 2. The van der Waals surface area contributed by atoms with Crippen molar-refractivity contribution >= 4 is 34.4 Å². The maximum Gasteiger partial charge on any atom is 0.251 e. The van der Waals surface area contributed by atoms with Crippen molar-refractivity contribution in [2.45, 2.75) is 84.9 Å². The lowest BCUT2D eigenvalue weighted by Gasteiger charge is -2.36. The molecule has 1 fully saturated rings. The number of amides is 1. The number of anilines is 1. The number of aromatic hydroxyl groups is 3. The van der Waals surface area contributed by atoms with Crippen molar-refractivity contribution in [3.8, 4) is 17.2 Å². The van der Waals surface area contributed by atoms with E-state index in [0.29, 0.717) is 24.2 Å². The van der Waals surface area contributed by atoms with Crippen LogP contribution in [0.4, 0.5) is 5.69 Å². The van der Waals surface area contributed by atoms with Crippen LogP contribution >= 0.6 is 0 Å².